The number of carbonyl (C=O) groups is 1. The number of ether oxygens (including phenoxy) is 2. The Morgan fingerprint density at radius 2 is 1.69 bits per heavy atom. The van der Waals surface area contributed by atoms with Crippen molar-refractivity contribution in [1.29, 1.82) is 0 Å². The second-order valence-electron chi connectivity index (χ2n) is 9.53. The van der Waals surface area contributed by atoms with Gasteiger partial charge in [-0.05, 0) is 54.2 Å². The summed E-state index contributed by atoms with van der Waals surface area (Å²) in [5.74, 6) is 0.894. The van der Waals surface area contributed by atoms with Crippen LogP contribution in [0.4, 0.5) is 0 Å². The molecular weight excluding hydrogens is 448 g/mol. The van der Waals surface area contributed by atoms with Crippen molar-refractivity contribution in [3.63, 3.8) is 0 Å². The van der Waals surface area contributed by atoms with Gasteiger partial charge in [0.25, 0.3) is 0 Å². The van der Waals surface area contributed by atoms with Crippen LogP contribution in [0.25, 0.3) is 10.9 Å². The molecule has 0 saturated heterocycles. The average molecular weight is 485 g/mol. The van der Waals surface area contributed by atoms with Crippen molar-refractivity contribution in [3.8, 4) is 5.75 Å². The quantitative estimate of drug-likeness (QED) is 0.275. The summed E-state index contributed by atoms with van der Waals surface area (Å²) >= 11 is 0. The van der Waals surface area contributed by atoms with E-state index in [0.717, 1.165) is 40.0 Å². The van der Waals surface area contributed by atoms with Crippen molar-refractivity contribution in [3.05, 3.63) is 101 Å². The predicted molar refractivity (Wildman–Crippen MR) is 145 cm³/mol. The Kier molecular flexibility index (Phi) is 8.11. The molecule has 0 radical (unpaired) electrons. The maximum absolute atomic E-state index is 12.2. The van der Waals surface area contributed by atoms with Gasteiger partial charge in [-0.2, -0.15) is 0 Å². The Bertz CT molecular complexity index is 1320. The van der Waals surface area contributed by atoms with E-state index in [2.05, 4.69) is 67.8 Å². The fourth-order valence-corrected chi connectivity index (χ4v) is 4.71. The third-order valence-corrected chi connectivity index (χ3v) is 6.65. The lowest BCUT2D eigenvalue weighted by Crippen LogP contribution is -2.34. The van der Waals surface area contributed by atoms with Crippen LogP contribution in [0, 0.1) is 6.92 Å². The summed E-state index contributed by atoms with van der Waals surface area (Å²) in [6.45, 7) is 9.89. The summed E-state index contributed by atoms with van der Waals surface area (Å²) in [6.07, 6.45) is 0.446. The molecule has 1 atom stereocenters. The first-order chi connectivity index (χ1) is 17.4. The molecule has 0 aliphatic rings. The summed E-state index contributed by atoms with van der Waals surface area (Å²) in [6, 6.07) is 24.3. The Labute approximate surface area is 213 Å². The van der Waals surface area contributed by atoms with Gasteiger partial charge in [-0.15, -0.1) is 0 Å². The van der Waals surface area contributed by atoms with Crippen molar-refractivity contribution in [2.24, 2.45) is 5.73 Å². The van der Waals surface area contributed by atoms with E-state index < -0.39 is 6.04 Å². The molecule has 188 valence electrons. The lowest BCUT2D eigenvalue weighted by molar-refractivity contribution is -0.144. The second kappa shape index (κ2) is 11.4. The molecule has 1 unspecified atom stereocenters. The number of hydrogen-bond donors (Lipinski definition) is 1. The van der Waals surface area contributed by atoms with Crippen LogP contribution in [0.2, 0.25) is 0 Å². The van der Waals surface area contributed by atoms with Gasteiger partial charge in [0.05, 0.1) is 6.61 Å². The van der Waals surface area contributed by atoms with E-state index in [9.17, 15) is 4.79 Å². The maximum Gasteiger partial charge on any atom is 0.323 e. The summed E-state index contributed by atoms with van der Waals surface area (Å²) in [7, 11) is 0. The van der Waals surface area contributed by atoms with Gasteiger partial charge >= 0.3 is 5.97 Å². The number of nitrogens with zero attached hydrogens (tertiary/aromatic N) is 1. The monoisotopic (exact) mass is 484 g/mol. The Hall–Kier alpha value is -3.57. The number of carbonyl (C=O) groups excluding carboxylic acids is 1. The van der Waals surface area contributed by atoms with Gasteiger partial charge in [0.2, 0.25) is 0 Å². The van der Waals surface area contributed by atoms with Gasteiger partial charge < -0.3 is 19.8 Å². The third-order valence-electron chi connectivity index (χ3n) is 6.65. The zero-order valence-electron chi connectivity index (χ0n) is 21.7. The van der Waals surface area contributed by atoms with Crippen molar-refractivity contribution in [1.82, 2.24) is 4.57 Å². The number of esters is 1. The lowest BCUT2D eigenvalue weighted by Gasteiger charge is -2.17. The summed E-state index contributed by atoms with van der Waals surface area (Å²) in [5, 5.41) is 1.13. The SMILES string of the molecule is CCOC(=O)C(N)Cc1c(C)n(Cc2ccc(OCc3ccccc3)c(C(C)C)c2)c2ccccc12. The molecule has 2 N–H and O–H groups in total. The molecule has 0 saturated carbocycles. The molecule has 0 fully saturated rings. The molecule has 1 aromatic heterocycles. The largest absolute Gasteiger partial charge is 0.489 e. The Balaban J connectivity index is 1.62. The topological polar surface area (TPSA) is 66.5 Å². The molecule has 1 heterocycles. The highest BCUT2D eigenvalue weighted by Gasteiger charge is 2.21. The van der Waals surface area contributed by atoms with Gasteiger partial charge in [-0.3, -0.25) is 4.79 Å². The second-order valence-corrected chi connectivity index (χ2v) is 9.53. The molecule has 5 heteroatoms. The first kappa shape index (κ1) is 25.5. The molecule has 5 nitrogen and oxygen atoms in total. The van der Waals surface area contributed by atoms with E-state index in [4.69, 9.17) is 15.2 Å². The molecule has 3 aromatic carbocycles. The minimum absolute atomic E-state index is 0.330. The molecular formula is C31H36N2O3. The minimum atomic E-state index is -0.684. The van der Waals surface area contributed by atoms with Crippen LogP contribution < -0.4 is 10.5 Å². The van der Waals surface area contributed by atoms with E-state index in [1.807, 2.05) is 30.3 Å². The van der Waals surface area contributed by atoms with E-state index in [1.54, 1.807) is 6.92 Å². The molecule has 0 aliphatic carbocycles. The van der Waals surface area contributed by atoms with Crippen LogP contribution in [0.15, 0.2) is 72.8 Å². The number of nitrogens with two attached hydrogens (primary N) is 1. The zero-order valence-corrected chi connectivity index (χ0v) is 21.7. The maximum atomic E-state index is 12.2. The number of benzene rings is 3. The highest BCUT2D eigenvalue weighted by Crippen LogP contribution is 2.31. The molecule has 36 heavy (non-hydrogen) atoms. The number of fused-ring (bicyclic) bond motifs is 1. The molecule has 0 aliphatic heterocycles. The first-order valence-corrected chi connectivity index (χ1v) is 12.7. The smallest absolute Gasteiger partial charge is 0.323 e. The molecule has 0 spiro atoms. The minimum Gasteiger partial charge on any atom is -0.489 e. The number of aromatic nitrogens is 1. The van der Waals surface area contributed by atoms with Crippen LogP contribution in [0.1, 0.15) is 54.6 Å². The highest BCUT2D eigenvalue weighted by molar-refractivity contribution is 5.87. The van der Waals surface area contributed by atoms with Gasteiger partial charge in [0, 0.05) is 29.6 Å². The number of para-hydroxylation sites is 1. The zero-order chi connectivity index (χ0) is 25.7. The molecule has 0 bridgehead atoms. The number of hydrogen-bond acceptors (Lipinski definition) is 4. The fourth-order valence-electron chi connectivity index (χ4n) is 4.71. The summed E-state index contributed by atoms with van der Waals surface area (Å²) < 4.78 is 13.7. The van der Waals surface area contributed by atoms with E-state index in [0.29, 0.717) is 25.6 Å². The fraction of sp³-hybridized carbons (Fsp3) is 0.323. The summed E-state index contributed by atoms with van der Waals surface area (Å²) in [4.78, 5) is 12.2. The van der Waals surface area contributed by atoms with Gasteiger partial charge in [-0.1, -0.05) is 74.5 Å². The van der Waals surface area contributed by atoms with Crippen LogP contribution in [0.5, 0.6) is 5.75 Å². The van der Waals surface area contributed by atoms with E-state index in [-0.39, 0.29) is 5.97 Å². The van der Waals surface area contributed by atoms with Crippen LogP contribution in [-0.2, 0) is 29.1 Å². The number of rotatable bonds is 10. The van der Waals surface area contributed by atoms with E-state index >= 15 is 0 Å². The van der Waals surface area contributed by atoms with Crippen molar-refractivity contribution in [2.45, 2.75) is 59.2 Å². The Morgan fingerprint density at radius 1 is 0.972 bits per heavy atom. The van der Waals surface area contributed by atoms with Crippen LogP contribution in [-0.4, -0.2) is 23.2 Å². The average Bonchev–Trinajstić information content (AvgIpc) is 3.14. The van der Waals surface area contributed by atoms with Crippen molar-refractivity contribution in [2.75, 3.05) is 6.61 Å². The van der Waals surface area contributed by atoms with Gasteiger partial charge in [-0.25, -0.2) is 0 Å². The van der Waals surface area contributed by atoms with Gasteiger partial charge in [0.1, 0.15) is 18.4 Å². The molecule has 0 amide bonds. The first-order valence-electron chi connectivity index (χ1n) is 12.7. The standard InChI is InChI=1S/C31H36N2O3/c1-5-35-31(34)28(32)18-27-22(4)33(29-14-10-9-13-25(27)29)19-24-15-16-30(26(17-24)21(2)3)36-20-23-11-7-6-8-12-23/h6-17,21,28H,5,18-20,32H2,1-4H3. The predicted octanol–water partition coefficient (Wildman–Crippen LogP) is 6.13. The Morgan fingerprint density at radius 3 is 2.42 bits per heavy atom. The van der Waals surface area contributed by atoms with E-state index in [1.165, 1.54) is 11.1 Å². The molecule has 4 rings (SSSR count). The van der Waals surface area contributed by atoms with Crippen LogP contribution >= 0.6 is 0 Å². The third kappa shape index (κ3) is 5.63. The highest BCUT2D eigenvalue weighted by atomic mass is 16.5. The molecule has 4 aromatic rings. The normalized spacial score (nSPS) is 12.2. The summed E-state index contributed by atoms with van der Waals surface area (Å²) in [5.41, 5.74) is 13.1. The van der Waals surface area contributed by atoms with Gasteiger partial charge in [0.15, 0.2) is 0 Å². The van der Waals surface area contributed by atoms with Crippen LogP contribution in [0.3, 0.4) is 0 Å². The lowest BCUT2D eigenvalue weighted by atomic mass is 9.99. The van der Waals surface area contributed by atoms with Crippen molar-refractivity contribution >= 4 is 16.9 Å². The van der Waals surface area contributed by atoms with Crippen molar-refractivity contribution < 1.29 is 14.3 Å².